The van der Waals surface area contributed by atoms with Crippen LogP contribution in [0.3, 0.4) is 0 Å². The molecule has 0 bridgehead atoms. The van der Waals surface area contributed by atoms with Crippen molar-refractivity contribution in [1.29, 1.82) is 5.26 Å². The number of ether oxygens (including phenoxy) is 2. The summed E-state index contributed by atoms with van der Waals surface area (Å²) in [4.78, 5) is 0. The highest BCUT2D eigenvalue weighted by Crippen LogP contribution is 2.45. The summed E-state index contributed by atoms with van der Waals surface area (Å²) in [5, 5.41) is 18.1. The third-order valence-electron chi connectivity index (χ3n) is 5.88. The van der Waals surface area contributed by atoms with E-state index in [2.05, 4.69) is 46.1 Å². The van der Waals surface area contributed by atoms with Gasteiger partial charge in [0, 0.05) is 28.4 Å². The number of nitrogens with two attached hydrogens (primary N) is 1. The number of nitriles is 1. The summed E-state index contributed by atoms with van der Waals surface area (Å²) in [6.07, 6.45) is 2.08. The molecule has 7 heteroatoms. The Kier molecular flexibility index (Phi) is 4.83. The number of hydrogen-bond donors (Lipinski definition) is 2. The van der Waals surface area contributed by atoms with Crippen molar-refractivity contribution in [2.75, 3.05) is 6.61 Å². The van der Waals surface area contributed by atoms with Crippen LogP contribution in [0.2, 0.25) is 0 Å². The first-order valence-electron chi connectivity index (χ1n) is 10.5. The second-order valence-corrected chi connectivity index (χ2v) is 7.95. The molecule has 1 aliphatic rings. The zero-order valence-corrected chi connectivity index (χ0v) is 17.9. The molecule has 0 spiro atoms. The van der Waals surface area contributed by atoms with Crippen LogP contribution in [-0.2, 0) is 6.54 Å². The van der Waals surface area contributed by atoms with Crippen molar-refractivity contribution < 1.29 is 9.47 Å². The Morgan fingerprint density at radius 3 is 2.75 bits per heavy atom. The smallest absolute Gasteiger partial charge is 0.244 e. The van der Waals surface area contributed by atoms with Crippen molar-refractivity contribution in [3.8, 4) is 17.7 Å². The number of rotatable bonds is 5. The van der Waals surface area contributed by atoms with Crippen LogP contribution in [-0.4, -0.2) is 21.4 Å². The van der Waals surface area contributed by atoms with Gasteiger partial charge in [-0.25, -0.2) is 0 Å². The molecule has 0 radical (unpaired) electrons. The van der Waals surface area contributed by atoms with Gasteiger partial charge in [-0.05, 0) is 37.6 Å². The highest BCUT2D eigenvalue weighted by molar-refractivity contribution is 5.86. The molecular weight excluding hydrogens is 402 g/mol. The molecule has 5 rings (SSSR count). The second-order valence-electron chi connectivity index (χ2n) is 7.95. The fourth-order valence-corrected chi connectivity index (χ4v) is 4.30. The average molecular weight is 425 g/mol. The van der Waals surface area contributed by atoms with Gasteiger partial charge >= 0.3 is 0 Å². The maximum absolute atomic E-state index is 9.89. The number of H-pyrrole nitrogens is 1. The van der Waals surface area contributed by atoms with Gasteiger partial charge in [0.25, 0.3) is 0 Å². The molecule has 0 saturated carbocycles. The Balaban J connectivity index is 1.53. The number of aryl methyl sites for hydroxylation is 2. The summed E-state index contributed by atoms with van der Waals surface area (Å²) in [6, 6.07) is 18.4. The Morgan fingerprint density at radius 1 is 1.19 bits per heavy atom. The van der Waals surface area contributed by atoms with Crippen molar-refractivity contribution in [2.45, 2.75) is 26.3 Å². The van der Waals surface area contributed by atoms with E-state index < -0.39 is 0 Å². The molecule has 0 unspecified atom stereocenters. The lowest BCUT2D eigenvalue weighted by Crippen LogP contribution is -2.21. The Labute approximate surface area is 185 Å². The van der Waals surface area contributed by atoms with Gasteiger partial charge in [0.05, 0.1) is 12.5 Å². The van der Waals surface area contributed by atoms with Crippen LogP contribution >= 0.6 is 0 Å². The van der Waals surface area contributed by atoms with E-state index in [1.807, 2.05) is 43.3 Å². The lowest BCUT2D eigenvalue weighted by molar-refractivity contribution is 0.300. The first-order valence-corrected chi connectivity index (χ1v) is 10.5. The van der Waals surface area contributed by atoms with Gasteiger partial charge < -0.3 is 19.8 Å². The van der Waals surface area contributed by atoms with Gasteiger partial charge in [0.2, 0.25) is 11.8 Å². The van der Waals surface area contributed by atoms with E-state index in [0.29, 0.717) is 24.6 Å². The summed E-state index contributed by atoms with van der Waals surface area (Å²) < 4.78 is 13.7. The molecule has 1 atom stereocenters. The fourth-order valence-electron chi connectivity index (χ4n) is 4.30. The maximum Gasteiger partial charge on any atom is 0.244 e. The molecular formula is C25H23N5O2. The van der Waals surface area contributed by atoms with Crippen LogP contribution < -0.4 is 15.2 Å². The normalized spacial score (nSPS) is 15.3. The van der Waals surface area contributed by atoms with Gasteiger partial charge in [0.15, 0.2) is 0 Å². The number of benzene rings is 2. The number of nitrogens with zero attached hydrogens (tertiary/aromatic N) is 3. The number of aromatic nitrogens is 3. The number of allylic oxidation sites excluding steroid dienone is 1. The molecule has 0 fully saturated rings. The van der Waals surface area contributed by atoms with E-state index in [0.717, 1.165) is 33.5 Å². The molecule has 4 aromatic rings. The summed E-state index contributed by atoms with van der Waals surface area (Å²) >= 11 is 0. The van der Waals surface area contributed by atoms with Crippen LogP contribution in [0.15, 0.2) is 66.2 Å². The van der Waals surface area contributed by atoms with Crippen LogP contribution in [0.25, 0.3) is 10.9 Å². The summed E-state index contributed by atoms with van der Waals surface area (Å²) in [6.45, 7) is 5.16. The molecule has 2 aromatic heterocycles. The minimum absolute atomic E-state index is 0.0936. The molecule has 1 aliphatic heterocycles. The van der Waals surface area contributed by atoms with Gasteiger partial charge in [-0.2, -0.15) is 5.26 Å². The molecule has 0 aliphatic carbocycles. The number of fused-ring (bicyclic) bond motifs is 2. The predicted molar refractivity (Wildman–Crippen MR) is 121 cm³/mol. The van der Waals surface area contributed by atoms with Gasteiger partial charge in [-0.3, -0.25) is 5.10 Å². The third kappa shape index (κ3) is 3.26. The molecule has 0 saturated heterocycles. The topological polar surface area (TPSA) is 102 Å². The number of aromatic amines is 1. The van der Waals surface area contributed by atoms with Crippen LogP contribution in [0.5, 0.6) is 11.6 Å². The molecule has 3 N–H and O–H groups in total. The van der Waals surface area contributed by atoms with Gasteiger partial charge in [-0.15, -0.1) is 5.10 Å². The van der Waals surface area contributed by atoms with E-state index in [-0.39, 0.29) is 11.8 Å². The molecule has 0 amide bonds. The van der Waals surface area contributed by atoms with Crippen molar-refractivity contribution in [2.24, 2.45) is 5.73 Å². The highest BCUT2D eigenvalue weighted by Gasteiger charge is 2.35. The minimum atomic E-state index is -0.355. The standard InChI is InChI=1S/C25H23N5O2/c1-15-7-9-17(10-8-15)31-12-11-30-14-20(18-5-3-4-6-21(18)30)23-19(13-26)24(27)32-25-22(23)16(2)28-29-25/h3-10,14,23H,11-12,27H2,1-2H3,(H,28,29)/t23-/m1/s1. The summed E-state index contributed by atoms with van der Waals surface area (Å²) in [5.41, 5.74) is 11.4. The van der Waals surface area contributed by atoms with E-state index in [1.54, 1.807) is 0 Å². The van der Waals surface area contributed by atoms with Gasteiger partial charge in [0.1, 0.15) is 24.0 Å². The lowest BCUT2D eigenvalue weighted by Gasteiger charge is -2.23. The molecule has 32 heavy (non-hydrogen) atoms. The molecule has 7 nitrogen and oxygen atoms in total. The van der Waals surface area contributed by atoms with Crippen LogP contribution in [0, 0.1) is 25.2 Å². The van der Waals surface area contributed by atoms with Crippen molar-refractivity contribution in [3.05, 3.63) is 88.6 Å². The van der Waals surface area contributed by atoms with E-state index >= 15 is 0 Å². The molecule has 2 aromatic carbocycles. The highest BCUT2D eigenvalue weighted by atomic mass is 16.5. The Morgan fingerprint density at radius 2 is 1.97 bits per heavy atom. The summed E-state index contributed by atoms with van der Waals surface area (Å²) in [7, 11) is 0. The monoisotopic (exact) mass is 425 g/mol. The number of para-hydroxylation sites is 1. The van der Waals surface area contributed by atoms with Crippen molar-refractivity contribution in [1.82, 2.24) is 14.8 Å². The molecule has 3 heterocycles. The Hall–Kier alpha value is -4.18. The maximum atomic E-state index is 9.89. The van der Waals surface area contributed by atoms with Crippen LogP contribution in [0.4, 0.5) is 0 Å². The number of nitrogens with one attached hydrogen (secondary N) is 1. The third-order valence-corrected chi connectivity index (χ3v) is 5.88. The van der Waals surface area contributed by atoms with Gasteiger partial charge in [-0.1, -0.05) is 35.9 Å². The van der Waals surface area contributed by atoms with E-state index in [9.17, 15) is 5.26 Å². The lowest BCUT2D eigenvalue weighted by atomic mass is 9.84. The van der Waals surface area contributed by atoms with Crippen molar-refractivity contribution in [3.63, 3.8) is 0 Å². The van der Waals surface area contributed by atoms with E-state index in [4.69, 9.17) is 15.2 Å². The zero-order valence-electron chi connectivity index (χ0n) is 17.9. The molecule has 160 valence electrons. The first kappa shape index (κ1) is 19.8. The SMILES string of the molecule is Cc1ccc(OCCn2cc([C@H]3C(C#N)=C(N)Oc4n[nH]c(C)c43)c3ccccc32)cc1. The quantitative estimate of drug-likeness (QED) is 0.497. The fraction of sp³-hybridized carbons (Fsp3) is 0.200. The number of hydrogen-bond acceptors (Lipinski definition) is 5. The van der Waals surface area contributed by atoms with Crippen molar-refractivity contribution >= 4 is 10.9 Å². The van der Waals surface area contributed by atoms with Crippen LogP contribution in [0.1, 0.15) is 28.3 Å². The first-order chi connectivity index (χ1) is 15.6. The minimum Gasteiger partial charge on any atom is -0.492 e. The summed E-state index contributed by atoms with van der Waals surface area (Å²) in [5.74, 6) is 1.00. The Bertz CT molecular complexity index is 1370. The second kappa shape index (κ2) is 7.82. The zero-order chi connectivity index (χ0) is 22.2. The predicted octanol–water partition coefficient (Wildman–Crippen LogP) is 4.28. The largest absolute Gasteiger partial charge is 0.492 e. The average Bonchev–Trinajstić information content (AvgIpc) is 3.35. The van der Waals surface area contributed by atoms with E-state index in [1.165, 1.54) is 5.56 Å².